The Morgan fingerprint density at radius 1 is 1.14 bits per heavy atom. The first-order chi connectivity index (χ1) is 6.92. The van der Waals surface area contributed by atoms with Crippen LogP contribution in [0.1, 0.15) is 46.0 Å². The third kappa shape index (κ3) is 2.71. The van der Waals surface area contributed by atoms with Gasteiger partial charge in [-0.3, -0.25) is 4.90 Å². The molecule has 2 nitrogen and oxygen atoms in total. The molecule has 0 N–H and O–H groups in total. The van der Waals surface area contributed by atoms with Gasteiger partial charge in [-0.15, -0.1) is 0 Å². The molecule has 2 saturated heterocycles. The van der Waals surface area contributed by atoms with Crippen LogP contribution in [0, 0.1) is 0 Å². The number of fused-ring (bicyclic) bond motifs is 1. The summed E-state index contributed by atoms with van der Waals surface area (Å²) >= 11 is 0. The summed E-state index contributed by atoms with van der Waals surface area (Å²) in [6.07, 6.45) is 7.05. The summed E-state index contributed by atoms with van der Waals surface area (Å²) in [4.78, 5) is 2.67. The predicted octanol–water partition coefficient (Wildman–Crippen LogP) is 2.68. The first kappa shape index (κ1) is 12.0. The lowest BCUT2D eigenvalue weighted by Gasteiger charge is -2.33. The van der Waals surface area contributed by atoms with Gasteiger partial charge in [0.1, 0.15) is 0 Å². The number of rotatable bonds is 2. The minimum absolute atomic E-state index is 0.736. The fraction of sp³-hybridized carbons (Fsp3) is 1.00. The van der Waals surface area contributed by atoms with Crippen molar-refractivity contribution >= 4 is 0 Å². The number of hydrogen-bond acceptors (Lipinski definition) is 2. The molecular formula is C12H25NO. The third-order valence-corrected chi connectivity index (χ3v) is 3.33. The molecule has 0 saturated carbocycles. The van der Waals surface area contributed by atoms with Crippen LogP contribution >= 0.6 is 0 Å². The van der Waals surface area contributed by atoms with Crippen molar-refractivity contribution in [3.63, 3.8) is 0 Å². The lowest BCUT2D eigenvalue weighted by atomic mass is 10.0. The van der Waals surface area contributed by atoms with E-state index in [0.29, 0.717) is 0 Å². The molecule has 2 unspecified atom stereocenters. The predicted molar refractivity (Wildman–Crippen MR) is 60.6 cm³/mol. The normalized spacial score (nSPS) is 31.9. The van der Waals surface area contributed by atoms with Crippen molar-refractivity contribution in [3.8, 4) is 0 Å². The topological polar surface area (TPSA) is 12.5 Å². The van der Waals surface area contributed by atoms with Gasteiger partial charge >= 0.3 is 0 Å². The average Bonchev–Trinajstić information content (AvgIpc) is 2.66. The van der Waals surface area contributed by atoms with Crippen LogP contribution < -0.4 is 0 Å². The fourth-order valence-electron chi connectivity index (χ4n) is 2.74. The number of ether oxygens (including phenoxy) is 1. The summed E-state index contributed by atoms with van der Waals surface area (Å²) in [6, 6.07) is 1.64. The molecule has 0 aromatic rings. The Balaban J connectivity index is 0.000000461. The molecule has 2 atom stereocenters. The SMILES string of the molecule is CC.COCC1CCC2CCCCN21. The standard InChI is InChI=1S/C10H19NO.C2H6/c1-12-8-10-6-5-9-4-2-3-7-11(9)10;1-2/h9-10H,2-8H2,1H3;1-2H3. The maximum atomic E-state index is 5.23. The number of nitrogens with zero attached hydrogens (tertiary/aromatic N) is 1. The zero-order chi connectivity index (χ0) is 10.4. The molecule has 2 fully saturated rings. The van der Waals surface area contributed by atoms with Gasteiger partial charge in [0.2, 0.25) is 0 Å². The van der Waals surface area contributed by atoms with E-state index < -0.39 is 0 Å². The summed E-state index contributed by atoms with van der Waals surface area (Å²) in [7, 11) is 1.82. The van der Waals surface area contributed by atoms with Crippen molar-refractivity contribution in [1.82, 2.24) is 4.90 Å². The molecule has 0 aromatic carbocycles. The number of hydrogen-bond donors (Lipinski definition) is 0. The lowest BCUT2D eigenvalue weighted by Crippen LogP contribution is -2.41. The van der Waals surface area contributed by atoms with Crippen LogP contribution in [0.15, 0.2) is 0 Å². The molecule has 84 valence electrons. The van der Waals surface area contributed by atoms with Gasteiger partial charge in [-0.1, -0.05) is 20.3 Å². The Bertz CT molecular complexity index is 149. The number of methoxy groups -OCH3 is 1. The molecule has 0 bridgehead atoms. The van der Waals surface area contributed by atoms with E-state index in [2.05, 4.69) is 4.90 Å². The van der Waals surface area contributed by atoms with E-state index in [-0.39, 0.29) is 0 Å². The molecule has 0 radical (unpaired) electrons. The van der Waals surface area contributed by atoms with Crippen LogP contribution in [0.3, 0.4) is 0 Å². The molecule has 0 aromatic heterocycles. The second-order valence-electron chi connectivity index (χ2n) is 4.07. The first-order valence-electron chi connectivity index (χ1n) is 6.16. The highest BCUT2D eigenvalue weighted by atomic mass is 16.5. The summed E-state index contributed by atoms with van der Waals surface area (Å²) in [5, 5.41) is 0. The van der Waals surface area contributed by atoms with Crippen molar-refractivity contribution in [2.45, 2.75) is 58.0 Å². The minimum Gasteiger partial charge on any atom is -0.383 e. The van der Waals surface area contributed by atoms with Crippen molar-refractivity contribution in [2.75, 3.05) is 20.3 Å². The third-order valence-electron chi connectivity index (χ3n) is 3.33. The van der Waals surface area contributed by atoms with Gasteiger partial charge in [0.25, 0.3) is 0 Å². The Kier molecular flexibility index (Phi) is 5.49. The maximum Gasteiger partial charge on any atom is 0.0618 e. The van der Waals surface area contributed by atoms with Gasteiger partial charge in [-0.05, 0) is 32.2 Å². The van der Waals surface area contributed by atoms with E-state index in [0.717, 1.165) is 18.7 Å². The second-order valence-corrected chi connectivity index (χ2v) is 4.07. The lowest BCUT2D eigenvalue weighted by molar-refractivity contribution is 0.0799. The average molecular weight is 199 g/mol. The van der Waals surface area contributed by atoms with Gasteiger partial charge in [0, 0.05) is 19.2 Å². The van der Waals surface area contributed by atoms with E-state index in [1.807, 2.05) is 21.0 Å². The quantitative estimate of drug-likeness (QED) is 0.678. The molecule has 0 amide bonds. The first-order valence-corrected chi connectivity index (χ1v) is 6.16. The van der Waals surface area contributed by atoms with Gasteiger partial charge < -0.3 is 4.74 Å². The van der Waals surface area contributed by atoms with Crippen LogP contribution in [0.4, 0.5) is 0 Å². The highest BCUT2D eigenvalue weighted by molar-refractivity contribution is 4.89. The van der Waals surface area contributed by atoms with Gasteiger partial charge in [-0.25, -0.2) is 0 Å². The molecule has 14 heavy (non-hydrogen) atoms. The summed E-state index contributed by atoms with van der Waals surface area (Å²) in [5.41, 5.74) is 0. The molecular weight excluding hydrogens is 174 g/mol. The smallest absolute Gasteiger partial charge is 0.0618 e. The Labute approximate surface area is 88.6 Å². The molecule has 0 aliphatic carbocycles. The Hall–Kier alpha value is -0.0800. The zero-order valence-corrected chi connectivity index (χ0v) is 9.96. The van der Waals surface area contributed by atoms with Crippen LogP contribution in [-0.2, 0) is 4.74 Å². The molecule has 2 aliphatic rings. The Morgan fingerprint density at radius 3 is 2.64 bits per heavy atom. The van der Waals surface area contributed by atoms with Crippen molar-refractivity contribution in [3.05, 3.63) is 0 Å². The molecule has 0 spiro atoms. The zero-order valence-electron chi connectivity index (χ0n) is 9.96. The fourth-order valence-corrected chi connectivity index (χ4v) is 2.74. The molecule has 2 heteroatoms. The van der Waals surface area contributed by atoms with E-state index in [4.69, 9.17) is 4.74 Å². The van der Waals surface area contributed by atoms with Crippen LogP contribution in [0.5, 0.6) is 0 Å². The summed E-state index contributed by atoms with van der Waals surface area (Å²) in [6.45, 7) is 6.26. The van der Waals surface area contributed by atoms with Gasteiger partial charge in [0.15, 0.2) is 0 Å². The van der Waals surface area contributed by atoms with Crippen LogP contribution in [-0.4, -0.2) is 37.2 Å². The molecule has 2 heterocycles. The number of piperidine rings is 1. The van der Waals surface area contributed by atoms with Crippen molar-refractivity contribution in [1.29, 1.82) is 0 Å². The van der Waals surface area contributed by atoms with Crippen LogP contribution in [0.2, 0.25) is 0 Å². The largest absolute Gasteiger partial charge is 0.383 e. The molecule has 2 aliphatic heterocycles. The van der Waals surface area contributed by atoms with Crippen molar-refractivity contribution < 1.29 is 4.74 Å². The molecule has 2 rings (SSSR count). The monoisotopic (exact) mass is 199 g/mol. The second kappa shape index (κ2) is 6.41. The highest BCUT2D eigenvalue weighted by Crippen LogP contribution is 2.31. The van der Waals surface area contributed by atoms with Crippen molar-refractivity contribution in [2.24, 2.45) is 0 Å². The summed E-state index contributed by atoms with van der Waals surface area (Å²) < 4.78 is 5.23. The highest BCUT2D eigenvalue weighted by Gasteiger charge is 2.34. The summed E-state index contributed by atoms with van der Waals surface area (Å²) in [5.74, 6) is 0. The van der Waals surface area contributed by atoms with Crippen LogP contribution in [0.25, 0.3) is 0 Å². The Morgan fingerprint density at radius 2 is 1.93 bits per heavy atom. The van der Waals surface area contributed by atoms with E-state index >= 15 is 0 Å². The van der Waals surface area contributed by atoms with Gasteiger partial charge in [-0.2, -0.15) is 0 Å². The maximum absolute atomic E-state index is 5.23. The minimum atomic E-state index is 0.736. The van der Waals surface area contributed by atoms with E-state index in [9.17, 15) is 0 Å². The van der Waals surface area contributed by atoms with E-state index in [1.54, 1.807) is 0 Å². The van der Waals surface area contributed by atoms with Gasteiger partial charge in [0.05, 0.1) is 6.61 Å². The van der Waals surface area contributed by atoms with E-state index in [1.165, 1.54) is 38.6 Å².